The number of aliphatic carboxylic acids is 1. The predicted octanol–water partition coefficient (Wildman–Crippen LogP) is 2.68. The zero-order chi connectivity index (χ0) is 19.6. The third-order valence-electron chi connectivity index (χ3n) is 5.81. The molecular weight excluding hydrogens is 358 g/mol. The lowest BCUT2D eigenvalue weighted by molar-refractivity contribution is -0.157. The lowest BCUT2D eigenvalue weighted by Gasteiger charge is -2.33. The van der Waals surface area contributed by atoms with Crippen LogP contribution in [0.1, 0.15) is 6.42 Å². The van der Waals surface area contributed by atoms with Crippen LogP contribution in [0, 0.1) is 11.3 Å². The SMILES string of the molecule is O=C(COc1ccccc1-c1ccccc1)N1C[C@H]2COCC[C@@]2(C(=O)O)C1. The van der Waals surface area contributed by atoms with Gasteiger partial charge >= 0.3 is 5.97 Å². The molecule has 2 aromatic rings. The van der Waals surface area contributed by atoms with Crippen molar-refractivity contribution in [3.8, 4) is 16.9 Å². The van der Waals surface area contributed by atoms with E-state index in [0.717, 1.165) is 11.1 Å². The summed E-state index contributed by atoms with van der Waals surface area (Å²) in [4.78, 5) is 26.2. The van der Waals surface area contributed by atoms with Gasteiger partial charge in [0.25, 0.3) is 5.91 Å². The summed E-state index contributed by atoms with van der Waals surface area (Å²) in [6, 6.07) is 17.4. The molecule has 28 heavy (non-hydrogen) atoms. The number of carbonyl (C=O) groups excluding carboxylic acids is 1. The van der Waals surface area contributed by atoms with Crippen LogP contribution in [-0.2, 0) is 14.3 Å². The average Bonchev–Trinajstić information content (AvgIpc) is 3.14. The van der Waals surface area contributed by atoms with E-state index < -0.39 is 11.4 Å². The summed E-state index contributed by atoms with van der Waals surface area (Å²) in [5.74, 6) is -0.571. The smallest absolute Gasteiger partial charge is 0.311 e. The van der Waals surface area contributed by atoms with Crippen molar-refractivity contribution in [2.24, 2.45) is 11.3 Å². The van der Waals surface area contributed by atoms with Crippen molar-refractivity contribution in [3.63, 3.8) is 0 Å². The van der Waals surface area contributed by atoms with E-state index in [4.69, 9.17) is 9.47 Å². The van der Waals surface area contributed by atoms with Crippen LogP contribution < -0.4 is 4.74 Å². The van der Waals surface area contributed by atoms with E-state index in [0.29, 0.717) is 31.9 Å². The normalized spacial score (nSPS) is 23.9. The Morgan fingerprint density at radius 3 is 2.64 bits per heavy atom. The molecule has 2 aliphatic rings. The fourth-order valence-electron chi connectivity index (χ4n) is 4.17. The molecule has 146 valence electrons. The number of ether oxygens (including phenoxy) is 2. The number of hydrogen-bond acceptors (Lipinski definition) is 4. The van der Waals surface area contributed by atoms with Crippen molar-refractivity contribution >= 4 is 11.9 Å². The number of rotatable bonds is 5. The fourth-order valence-corrected chi connectivity index (χ4v) is 4.17. The highest BCUT2D eigenvalue weighted by molar-refractivity contribution is 5.82. The van der Waals surface area contributed by atoms with E-state index in [1.54, 1.807) is 4.90 Å². The van der Waals surface area contributed by atoms with Gasteiger partial charge in [0.15, 0.2) is 6.61 Å². The van der Waals surface area contributed by atoms with Gasteiger partial charge in [-0.25, -0.2) is 0 Å². The van der Waals surface area contributed by atoms with E-state index in [1.165, 1.54) is 0 Å². The summed E-state index contributed by atoms with van der Waals surface area (Å²) in [5.41, 5.74) is 1.04. The number of benzene rings is 2. The van der Waals surface area contributed by atoms with Crippen LogP contribution in [-0.4, -0.2) is 54.8 Å². The van der Waals surface area contributed by atoms with Crippen molar-refractivity contribution < 1.29 is 24.2 Å². The number of carboxylic acids is 1. The van der Waals surface area contributed by atoms with Crippen molar-refractivity contribution in [3.05, 3.63) is 54.6 Å². The van der Waals surface area contributed by atoms with E-state index in [1.807, 2.05) is 54.6 Å². The molecule has 0 unspecified atom stereocenters. The molecule has 2 saturated heterocycles. The van der Waals surface area contributed by atoms with Gasteiger partial charge in [0, 0.05) is 31.2 Å². The summed E-state index contributed by atoms with van der Waals surface area (Å²) < 4.78 is 11.3. The number of para-hydroxylation sites is 1. The number of carbonyl (C=O) groups is 2. The summed E-state index contributed by atoms with van der Waals surface area (Å²) in [7, 11) is 0. The molecule has 1 N–H and O–H groups in total. The van der Waals surface area contributed by atoms with E-state index in [-0.39, 0.29) is 25.0 Å². The number of fused-ring (bicyclic) bond motifs is 1. The summed E-state index contributed by atoms with van der Waals surface area (Å²) in [5, 5.41) is 9.74. The Morgan fingerprint density at radius 2 is 1.89 bits per heavy atom. The van der Waals surface area contributed by atoms with Crippen molar-refractivity contribution in [2.45, 2.75) is 6.42 Å². The molecular formula is C22H23NO5. The molecule has 6 heteroatoms. The fraction of sp³-hybridized carbons (Fsp3) is 0.364. The highest BCUT2D eigenvalue weighted by atomic mass is 16.5. The first-order valence-electron chi connectivity index (χ1n) is 9.46. The molecule has 2 aliphatic heterocycles. The Bertz CT molecular complexity index is 868. The van der Waals surface area contributed by atoms with Crippen LogP contribution >= 0.6 is 0 Å². The van der Waals surface area contributed by atoms with Gasteiger partial charge in [-0.15, -0.1) is 0 Å². The molecule has 0 saturated carbocycles. The zero-order valence-corrected chi connectivity index (χ0v) is 15.5. The van der Waals surface area contributed by atoms with Crippen LogP contribution in [0.4, 0.5) is 0 Å². The number of likely N-dealkylation sites (tertiary alicyclic amines) is 1. The summed E-state index contributed by atoms with van der Waals surface area (Å²) in [6.45, 7) is 1.31. The first-order valence-corrected chi connectivity index (χ1v) is 9.46. The average molecular weight is 381 g/mol. The predicted molar refractivity (Wildman–Crippen MR) is 103 cm³/mol. The third kappa shape index (κ3) is 3.36. The molecule has 2 fully saturated rings. The Morgan fingerprint density at radius 1 is 1.14 bits per heavy atom. The lowest BCUT2D eigenvalue weighted by atomic mass is 9.74. The molecule has 0 aromatic heterocycles. The van der Waals surface area contributed by atoms with Crippen molar-refractivity contribution in [1.29, 1.82) is 0 Å². The van der Waals surface area contributed by atoms with Crippen molar-refractivity contribution in [1.82, 2.24) is 4.90 Å². The second-order valence-electron chi connectivity index (χ2n) is 7.41. The molecule has 2 aromatic carbocycles. The molecule has 0 aliphatic carbocycles. The van der Waals surface area contributed by atoms with Crippen LogP contribution in [0.15, 0.2) is 54.6 Å². The Kier molecular flexibility index (Phi) is 5.05. The van der Waals surface area contributed by atoms with Gasteiger partial charge in [0.05, 0.1) is 12.0 Å². The van der Waals surface area contributed by atoms with Crippen molar-refractivity contribution in [2.75, 3.05) is 32.9 Å². The molecule has 2 heterocycles. The minimum atomic E-state index is -0.893. The van der Waals surface area contributed by atoms with E-state index in [2.05, 4.69) is 0 Å². The first-order chi connectivity index (χ1) is 13.6. The second kappa shape index (κ2) is 7.64. The molecule has 6 nitrogen and oxygen atoms in total. The highest BCUT2D eigenvalue weighted by Crippen LogP contribution is 2.42. The lowest BCUT2D eigenvalue weighted by Crippen LogP contribution is -2.45. The number of carboxylic acid groups (broad SMARTS) is 1. The maximum Gasteiger partial charge on any atom is 0.311 e. The number of nitrogens with zero attached hydrogens (tertiary/aromatic N) is 1. The third-order valence-corrected chi connectivity index (χ3v) is 5.81. The first kappa shape index (κ1) is 18.5. The standard InChI is InChI=1S/C22H23NO5/c24-20(23-12-17-13-27-11-10-22(17,15-23)21(25)26)14-28-19-9-5-4-8-18(19)16-6-2-1-3-7-16/h1-9,17H,10-15H2,(H,25,26)/t17-,22+/m0/s1. The molecule has 2 atom stereocenters. The van der Waals surface area contributed by atoms with Crippen LogP contribution in [0.5, 0.6) is 5.75 Å². The number of hydrogen-bond donors (Lipinski definition) is 1. The molecule has 4 rings (SSSR count). The van der Waals surface area contributed by atoms with Gasteiger partial charge in [-0.05, 0) is 18.1 Å². The van der Waals surface area contributed by atoms with Gasteiger partial charge in [-0.2, -0.15) is 0 Å². The minimum absolute atomic E-state index is 0.118. The maximum absolute atomic E-state index is 12.7. The maximum atomic E-state index is 12.7. The highest BCUT2D eigenvalue weighted by Gasteiger charge is 2.54. The quantitative estimate of drug-likeness (QED) is 0.862. The summed E-state index contributed by atoms with van der Waals surface area (Å²) in [6.07, 6.45) is 0.439. The Labute approximate surface area is 163 Å². The Balaban J connectivity index is 1.46. The van der Waals surface area contributed by atoms with Gasteiger partial charge in [-0.1, -0.05) is 48.5 Å². The topological polar surface area (TPSA) is 76.1 Å². The van der Waals surface area contributed by atoms with Gasteiger partial charge in [-0.3, -0.25) is 9.59 Å². The Hall–Kier alpha value is -2.86. The molecule has 0 bridgehead atoms. The van der Waals surface area contributed by atoms with E-state index in [9.17, 15) is 14.7 Å². The van der Waals surface area contributed by atoms with Gasteiger partial charge in [0.1, 0.15) is 5.75 Å². The van der Waals surface area contributed by atoms with Crippen LogP contribution in [0.25, 0.3) is 11.1 Å². The molecule has 1 amide bonds. The monoisotopic (exact) mass is 381 g/mol. The second-order valence-corrected chi connectivity index (χ2v) is 7.41. The van der Waals surface area contributed by atoms with Gasteiger partial charge < -0.3 is 19.5 Å². The number of amides is 1. The zero-order valence-electron chi connectivity index (χ0n) is 15.5. The van der Waals surface area contributed by atoms with Gasteiger partial charge in [0.2, 0.25) is 0 Å². The molecule has 0 radical (unpaired) electrons. The van der Waals surface area contributed by atoms with Crippen LogP contribution in [0.3, 0.4) is 0 Å². The van der Waals surface area contributed by atoms with E-state index >= 15 is 0 Å². The largest absolute Gasteiger partial charge is 0.483 e. The minimum Gasteiger partial charge on any atom is -0.483 e. The van der Waals surface area contributed by atoms with Crippen LogP contribution in [0.2, 0.25) is 0 Å². The summed E-state index contributed by atoms with van der Waals surface area (Å²) >= 11 is 0. The molecule has 0 spiro atoms.